The number of ether oxygens (including phenoxy) is 1. The lowest BCUT2D eigenvalue weighted by atomic mass is 10.1. The predicted octanol–water partition coefficient (Wildman–Crippen LogP) is 4.12. The van der Waals surface area contributed by atoms with Crippen LogP contribution in [0.5, 0.6) is 0 Å². The van der Waals surface area contributed by atoms with Gasteiger partial charge in [-0.05, 0) is 24.4 Å². The summed E-state index contributed by atoms with van der Waals surface area (Å²) in [4.78, 5) is 24.1. The van der Waals surface area contributed by atoms with Crippen molar-refractivity contribution < 1.29 is 18.7 Å². The highest BCUT2D eigenvalue weighted by Gasteiger charge is 2.21. The van der Waals surface area contributed by atoms with Gasteiger partial charge in [0.1, 0.15) is 11.1 Å². The van der Waals surface area contributed by atoms with Gasteiger partial charge in [-0.3, -0.25) is 4.79 Å². The second kappa shape index (κ2) is 6.97. The number of carbonyl (C=O) groups is 2. The zero-order valence-electron chi connectivity index (χ0n) is 13.0. The van der Waals surface area contributed by atoms with Crippen LogP contribution in [0.3, 0.4) is 0 Å². The Morgan fingerprint density at radius 3 is 2.92 bits per heavy atom. The van der Waals surface area contributed by atoms with Crippen LogP contribution in [0.25, 0.3) is 11.0 Å². The van der Waals surface area contributed by atoms with Crippen LogP contribution in [0.4, 0.5) is 5.00 Å². The van der Waals surface area contributed by atoms with E-state index < -0.39 is 18.5 Å². The Kier molecular flexibility index (Phi) is 4.74. The van der Waals surface area contributed by atoms with Gasteiger partial charge < -0.3 is 14.5 Å². The van der Waals surface area contributed by atoms with Crippen LogP contribution in [0, 0.1) is 18.3 Å². The van der Waals surface area contributed by atoms with Crippen molar-refractivity contribution in [3.8, 4) is 6.07 Å². The van der Waals surface area contributed by atoms with Crippen molar-refractivity contribution in [2.75, 3.05) is 11.9 Å². The first-order valence-corrected chi connectivity index (χ1v) is 8.39. The van der Waals surface area contributed by atoms with Gasteiger partial charge in [-0.1, -0.05) is 23.7 Å². The first-order valence-electron chi connectivity index (χ1n) is 7.13. The lowest BCUT2D eigenvalue weighted by Crippen LogP contribution is -2.20. The summed E-state index contributed by atoms with van der Waals surface area (Å²) < 4.78 is 10.5. The number of nitrogens with one attached hydrogen (secondary N) is 1. The Hall–Kier alpha value is -2.82. The first-order chi connectivity index (χ1) is 12.0. The maximum atomic E-state index is 12.2. The summed E-state index contributed by atoms with van der Waals surface area (Å²) in [5, 5.41) is 14.6. The molecule has 0 fully saturated rings. The van der Waals surface area contributed by atoms with E-state index in [1.165, 1.54) is 11.3 Å². The summed E-state index contributed by atoms with van der Waals surface area (Å²) in [5.74, 6) is -1.30. The number of aryl methyl sites for hydroxylation is 1. The van der Waals surface area contributed by atoms with Crippen molar-refractivity contribution in [1.82, 2.24) is 0 Å². The van der Waals surface area contributed by atoms with Crippen LogP contribution in [-0.4, -0.2) is 18.5 Å². The molecule has 126 valence electrons. The molecule has 0 aliphatic carbocycles. The molecule has 0 aliphatic heterocycles. The zero-order valence-corrected chi connectivity index (χ0v) is 14.5. The number of fused-ring (bicyclic) bond motifs is 1. The molecule has 3 rings (SSSR count). The van der Waals surface area contributed by atoms with Crippen molar-refractivity contribution in [2.24, 2.45) is 0 Å². The number of hydrogen-bond donors (Lipinski definition) is 1. The van der Waals surface area contributed by atoms with Crippen molar-refractivity contribution >= 4 is 50.8 Å². The van der Waals surface area contributed by atoms with Crippen LogP contribution in [-0.2, 0) is 9.53 Å². The molecule has 1 aromatic carbocycles. The molecular weight excluding hydrogens is 364 g/mol. The van der Waals surface area contributed by atoms with E-state index in [4.69, 9.17) is 26.0 Å². The molecular formula is C17H11ClN2O4S. The number of thiophene rings is 1. The molecule has 2 aromatic heterocycles. The maximum absolute atomic E-state index is 12.2. The summed E-state index contributed by atoms with van der Waals surface area (Å²) in [6.45, 7) is 1.22. The number of anilines is 1. The fourth-order valence-corrected chi connectivity index (χ4v) is 3.22. The van der Waals surface area contributed by atoms with E-state index in [0.29, 0.717) is 32.1 Å². The highest BCUT2D eigenvalue weighted by atomic mass is 35.5. The summed E-state index contributed by atoms with van der Waals surface area (Å²) in [7, 11) is 0. The molecule has 6 nitrogen and oxygen atoms in total. The summed E-state index contributed by atoms with van der Waals surface area (Å²) >= 11 is 7.26. The third-order valence-electron chi connectivity index (χ3n) is 3.47. The molecule has 0 spiro atoms. The van der Waals surface area contributed by atoms with Gasteiger partial charge in [-0.2, -0.15) is 5.26 Å². The Bertz CT molecular complexity index is 1020. The van der Waals surface area contributed by atoms with E-state index >= 15 is 0 Å². The van der Waals surface area contributed by atoms with Gasteiger partial charge in [0.25, 0.3) is 5.91 Å². The molecule has 0 saturated carbocycles. The molecule has 25 heavy (non-hydrogen) atoms. The van der Waals surface area contributed by atoms with E-state index in [9.17, 15) is 9.59 Å². The molecule has 0 saturated heterocycles. The number of amides is 1. The Labute approximate surface area is 151 Å². The molecule has 0 unspecified atom stereocenters. The molecule has 2 heterocycles. The predicted molar refractivity (Wildman–Crippen MR) is 93.9 cm³/mol. The van der Waals surface area contributed by atoms with E-state index in [-0.39, 0.29) is 5.76 Å². The van der Waals surface area contributed by atoms with Crippen LogP contribution in [0.2, 0.25) is 5.02 Å². The first kappa shape index (κ1) is 17.0. The fraction of sp³-hybridized carbons (Fsp3) is 0.118. The van der Waals surface area contributed by atoms with Crippen LogP contribution >= 0.6 is 22.9 Å². The van der Waals surface area contributed by atoms with Gasteiger partial charge in [0, 0.05) is 10.9 Å². The highest BCUT2D eigenvalue weighted by Crippen LogP contribution is 2.31. The normalized spacial score (nSPS) is 10.4. The van der Waals surface area contributed by atoms with Crippen LogP contribution in [0.1, 0.15) is 21.7 Å². The molecule has 0 aliphatic rings. The summed E-state index contributed by atoms with van der Waals surface area (Å²) in [6, 6.07) is 8.74. The molecule has 1 N–H and O–H groups in total. The Balaban J connectivity index is 1.69. The lowest BCUT2D eigenvalue weighted by molar-refractivity contribution is -0.119. The van der Waals surface area contributed by atoms with E-state index in [1.54, 1.807) is 36.6 Å². The topological polar surface area (TPSA) is 92.3 Å². The van der Waals surface area contributed by atoms with Gasteiger partial charge in [0.05, 0.1) is 10.6 Å². The summed E-state index contributed by atoms with van der Waals surface area (Å²) in [6.07, 6.45) is 0. The number of furan rings is 1. The molecule has 0 bridgehead atoms. The van der Waals surface area contributed by atoms with Crippen molar-refractivity contribution in [3.05, 3.63) is 51.6 Å². The standard InChI is InChI=1S/C17H11ClN2O4S/c1-9-11-3-2-4-12(18)15(11)24-14(9)17(22)23-8-13(21)20-16-10(7-19)5-6-25-16/h2-6H,8H2,1H3,(H,20,21). The average Bonchev–Trinajstić information content (AvgIpc) is 3.18. The second-order valence-electron chi connectivity index (χ2n) is 5.07. The molecule has 0 radical (unpaired) electrons. The minimum Gasteiger partial charge on any atom is -0.450 e. The number of esters is 1. The van der Waals surface area contributed by atoms with Crippen LogP contribution in [0.15, 0.2) is 34.1 Å². The number of para-hydroxylation sites is 1. The largest absolute Gasteiger partial charge is 0.450 e. The van der Waals surface area contributed by atoms with Gasteiger partial charge >= 0.3 is 5.97 Å². The smallest absolute Gasteiger partial charge is 0.375 e. The van der Waals surface area contributed by atoms with Gasteiger partial charge in [-0.15, -0.1) is 11.3 Å². The maximum Gasteiger partial charge on any atom is 0.375 e. The Morgan fingerprint density at radius 2 is 2.20 bits per heavy atom. The summed E-state index contributed by atoms with van der Waals surface area (Å²) in [5.41, 5.74) is 1.34. The van der Waals surface area contributed by atoms with Gasteiger partial charge in [0.15, 0.2) is 12.2 Å². The molecule has 3 aromatic rings. The second-order valence-corrected chi connectivity index (χ2v) is 6.40. The van der Waals surface area contributed by atoms with Crippen molar-refractivity contribution in [3.63, 3.8) is 0 Å². The number of halogens is 1. The SMILES string of the molecule is Cc1c(C(=O)OCC(=O)Nc2sccc2C#N)oc2c(Cl)cccc12. The number of nitriles is 1. The van der Waals surface area contributed by atoms with Gasteiger partial charge in [-0.25, -0.2) is 4.79 Å². The quantitative estimate of drug-likeness (QED) is 0.693. The van der Waals surface area contributed by atoms with Gasteiger partial charge in [0.2, 0.25) is 5.76 Å². The number of hydrogen-bond acceptors (Lipinski definition) is 6. The Morgan fingerprint density at radius 1 is 1.40 bits per heavy atom. The third-order valence-corrected chi connectivity index (χ3v) is 4.60. The monoisotopic (exact) mass is 374 g/mol. The van der Waals surface area contributed by atoms with Crippen LogP contribution < -0.4 is 5.32 Å². The number of benzene rings is 1. The number of nitrogens with zero attached hydrogens (tertiary/aromatic N) is 1. The molecule has 1 amide bonds. The number of carbonyl (C=O) groups excluding carboxylic acids is 2. The van der Waals surface area contributed by atoms with E-state index in [0.717, 1.165) is 0 Å². The average molecular weight is 375 g/mol. The molecule has 0 atom stereocenters. The zero-order chi connectivity index (χ0) is 18.0. The van der Waals surface area contributed by atoms with E-state index in [2.05, 4.69) is 5.32 Å². The van der Waals surface area contributed by atoms with Crippen molar-refractivity contribution in [2.45, 2.75) is 6.92 Å². The highest BCUT2D eigenvalue weighted by molar-refractivity contribution is 7.14. The minimum atomic E-state index is -0.758. The van der Waals surface area contributed by atoms with E-state index in [1.807, 2.05) is 6.07 Å². The van der Waals surface area contributed by atoms with Crippen molar-refractivity contribution in [1.29, 1.82) is 5.26 Å². The lowest BCUT2D eigenvalue weighted by Gasteiger charge is -2.04. The fourth-order valence-electron chi connectivity index (χ4n) is 2.26. The number of rotatable bonds is 4. The minimum absolute atomic E-state index is 0.00439. The molecule has 8 heteroatoms. The third kappa shape index (κ3) is 3.36.